The van der Waals surface area contributed by atoms with E-state index in [1.54, 1.807) is 19.4 Å². The zero-order valence-electron chi connectivity index (χ0n) is 16.5. The molecule has 156 valence electrons. The molecule has 0 atom stereocenters. The predicted molar refractivity (Wildman–Crippen MR) is 117 cm³/mol. The van der Waals surface area contributed by atoms with Crippen molar-refractivity contribution >= 4 is 32.4 Å². The number of amides is 1. The van der Waals surface area contributed by atoms with Crippen LogP contribution in [0.1, 0.15) is 36.0 Å². The summed E-state index contributed by atoms with van der Waals surface area (Å²) in [7, 11) is -1.93. The molecule has 1 aromatic carbocycles. The number of rotatable bonds is 6. The average molecular weight is 443 g/mol. The van der Waals surface area contributed by atoms with Gasteiger partial charge in [-0.15, -0.1) is 11.3 Å². The van der Waals surface area contributed by atoms with E-state index >= 15 is 0 Å². The fourth-order valence-electron chi connectivity index (χ4n) is 3.56. The third kappa shape index (κ3) is 4.28. The Morgan fingerprint density at radius 2 is 1.77 bits per heavy atom. The van der Waals surface area contributed by atoms with E-state index < -0.39 is 10.0 Å². The second-order valence-electron chi connectivity index (χ2n) is 7.21. The molecule has 3 aromatic rings. The Balaban J connectivity index is 1.45. The van der Waals surface area contributed by atoms with E-state index in [1.165, 1.54) is 39.9 Å². The first-order valence-electron chi connectivity index (χ1n) is 9.70. The van der Waals surface area contributed by atoms with Crippen molar-refractivity contribution in [2.24, 2.45) is 0 Å². The van der Waals surface area contributed by atoms with Crippen LogP contribution in [-0.4, -0.2) is 41.7 Å². The van der Waals surface area contributed by atoms with Crippen molar-refractivity contribution in [3.8, 4) is 11.3 Å². The quantitative estimate of drug-likeness (QED) is 0.622. The number of nitrogens with one attached hydrogen (secondary N) is 1. The van der Waals surface area contributed by atoms with Gasteiger partial charge in [0, 0.05) is 42.0 Å². The summed E-state index contributed by atoms with van der Waals surface area (Å²) in [5.41, 5.74) is 2.05. The van der Waals surface area contributed by atoms with E-state index in [0.717, 1.165) is 36.9 Å². The Labute approximate surface area is 179 Å². The topological polar surface area (TPSA) is 92.3 Å². The highest BCUT2D eigenvalue weighted by molar-refractivity contribution is 7.89. The maximum atomic E-state index is 12.8. The molecule has 1 saturated carbocycles. The van der Waals surface area contributed by atoms with E-state index in [1.807, 2.05) is 17.5 Å². The summed E-state index contributed by atoms with van der Waals surface area (Å²) >= 11 is 1.33. The maximum Gasteiger partial charge on any atom is 0.257 e. The first kappa shape index (κ1) is 20.6. The molecule has 2 heterocycles. The minimum absolute atomic E-state index is 0.0532. The van der Waals surface area contributed by atoms with Gasteiger partial charge >= 0.3 is 0 Å². The SMILES string of the molecule is CN(C1CCCC1)S(=O)(=O)c1ccc(C(=O)Nc2nc(-c3ccncc3)cs2)cc1. The van der Waals surface area contributed by atoms with Gasteiger partial charge in [-0.2, -0.15) is 4.31 Å². The number of hydrogen-bond donors (Lipinski definition) is 1. The molecule has 0 saturated heterocycles. The molecule has 1 aliphatic rings. The van der Waals surface area contributed by atoms with Crippen LogP contribution in [0.15, 0.2) is 59.1 Å². The van der Waals surface area contributed by atoms with Gasteiger partial charge < -0.3 is 0 Å². The number of benzene rings is 1. The Bertz CT molecular complexity index is 1120. The van der Waals surface area contributed by atoms with Crippen molar-refractivity contribution in [3.63, 3.8) is 0 Å². The average Bonchev–Trinajstić information content (AvgIpc) is 3.46. The zero-order chi connectivity index (χ0) is 21.1. The number of sulfonamides is 1. The molecule has 1 amide bonds. The Kier molecular flexibility index (Phi) is 5.94. The van der Waals surface area contributed by atoms with Crippen LogP contribution in [0.25, 0.3) is 11.3 Å². The van der Waals surface area contributed by atoms with Crippen molar-refractivity contribution in [2.75, 3.05) is 12.4 Å². The van der Waals surface area contributed by atoms with Crippen molar-refractivity contribution in [3.05, 3.63) is 59.7 Å². The lowest BCUT2D eigenvalue weighted by molar-refractivity contribution is 0.102. The fourth-order valence-corrected chi connectivity index (χ4v) is 5.69. The maximum absolute atomic E-state index is 12.8. The van der Waals surface area contributed by atoms with E-state index in [2.05, 4.69) is 15.3 Å². The van der Waals surface area contributed by atoms with Crippen molar-refractivity contribution < 1.29 is 13.2 Å². The number of nitrogens with zero attached hydrogens (tertiary/aromatic N) is 3. The smallest absolute Gasteiger partial charge is 0.257 e. The third-order valence-electron chi connectivity index (χ3n) is 5.33. The molecule has 0 radical (unpaired) electrons. The van der Waals surface area contributed by atoms with Crippen LogP contribution in [-0.2, 0) is 10.0 Å². The highest BCUT2D eigenvalue weighted by Crippen LogP contribution is 2.28. The summed E-state index contributed by atoms with van der Waals surface area (Å²) in [6, 6.07) is 9.78. The lowest BCUT2D eigenvalue weighted by atomic mass is 10.2. The summed E-state index contributed by atoms with van der Waals surface area (Å²) in [4.78, 5) is 21.2. The van der Waals surface area contributed by atoms with Gasteiger partial charge in [-0.1, -0.05) is 12.8 Å². The highest BCUT2D eigenvalue weighted by atomic mass is 32.2. The van der Waals surface area contributed by atoms with Crippen molar-refractivity contribution in [1.82, 2.24) is 14.3 Å². The van der Waals surface area contributed by atoms with E-state index in [9.17, 15) is 13.2 Å². The summed E-state index contributed by atoms with van der Waals surface area (Å²) < 4.78 is 27.1. The summed E-state index contributed by atoms with van der Waals surface area (Å²) in [5.74, 6) is -0.335. The number of carbonyl (C=O) groups is 1. The standard InChI is InChI=1S/C21H22N4O3S2/c1-25(17-4-2-3-5-17)30(27,28)18-8-6-16(7-9-18)20(26)24-21-23-19(14-29-21)15-10-12-22-13-11-15/h6-14,17H,2-5H2,1H3,(H,23,24,26). The van der Waals surface area contributed by atoms with Crippen LogP contribution >= 0.6 is 11.3 Å². The molecule has 0 bridgehead atoms. The van der Waals surface area contributed by atoms with E-state index in [-0.39, 0.29) is 16.8 Å². The molecule has 0 aliphatic heterocycles. The molecule has 30 heavy (non-hydrogen) atoms. The lowest BCUT2D eigenvalue weighted by Gasteiger charge is -2.23. The molecule has 0 spiro atoms. The molecule has 1 fully saturated rings. The monoisotopic (exact) mass is 442 g/mol. The Morgan fingerprint density at radius 3 is 2.43 bits per heavy atom. The van der Waals surface area contributed by atoms with Gasteiger partial charge in [-0.3, -0.25) is 15.1 Å². The number of carbonyl (C=O) groups excluding carboxylic acids is 1. The Morgan fingerprint density at radius 1 is 1.10 bits per heavy atom. The van der Waals surface area contributed by atoms with Gasteiger partial charge in [-0.05, 0) is 49.2 Å². The summed E-state index contributed by atoms with van der Waals surface area (Å²) in [6.07, 6.45) is 7.28. The van der Waals surface area contributed by atoms with E-state index in [0.29, 0.717) is 10.7 Å². The van der Waals surface area contributed by atoms with Crippen LogP contribution in [0.3, 0.4) is 0 Å². The minimum Gasteiger partial charge on any atom is -0.298 e. The van der Waals surface area contributed by atoms with Gasteiger partial charge in [0.05, 0.1) is 10.6 Å². The number of anilines is 1. The van der Waals surface area contributed by atoms with Crippen LogP contribution in [0.5, 0.6) is 0 Å². The Hall–Kier alpha value is -2.62. The minimum atomic E-state index is -3.56. The van der Waals surface area contributed by atoms with Gasteiger partial charge in [0.2, 0.25) is 10.0 Å². The van der Waals surface area contributed by atoms with E-state index in [4.69, 9.17) is 0 Å². The number of aromatic nitrogens is 2. The second-order valence-corrected chi connectivity index (χ2v) is 10.1. The van der Waals surface area contributed by atoms with Gasteiger partial charge in [-0.25, -0.2) is 13.4 Å². The molecule has 4 rings (SSSR count). The molecular formula is C21H22N4O3S2. The highest BCUT2D eigenvalue weighted by Gasteiger charge is 2.30. The normalized spacial score (nSPS) is 14.9. The molecule has 1 aliphatic carbocycles. The number of pyridine rings is 1. The first-order valence-corrected chi connectivity index (χ1v) is 12.0. The summed E-state index contributed by atoms with van der Waals surface area (Å²) in [5, 5.41) is 5.10. The second kappa shape index (κ2) is 8.63. The molecular weight excluding hydrogens is 420 g/mol. The predicted octanol–water partition coefficient (Wildman–Crippen LogP) is 4.02. The van der Waals surface area contributed by atoms with Crippen LogP contribution in [0.4, 0.5) is 5.13 Å². The largest absolute Gasteiger partial charge is 0.298 e. The fraction of sp³-hybridized carbons (Fsp3) is 0.286. The van der Waals surface area contributed by atoms with Crippen molar-refractivity contribution in [1.29, 1.82) is 0 Å². The summed E-state index contributed by atoms with van der Waals surface area (Å²) in [6.45, 7) is 0. The van der Waals surface area contributed by atoms with Crippen molar-refractivity contribution in [2.45, 2.75) is 36.6 Å². The van der Waals surface area contributed by atoms with Crippen LogP contribution in [0.2, 0.25) is 0 Å². The third-order valence-corrected chi connectivity index (χ3v) is 8.02. The number of thiazole rings is 1. The molecule has 7 nitrogen and oxygen atoms in total. The first-order chi connectivity index (χ1) is 14.4. The molecule has 9 heteroatoms. The molecule has 1 N–H and O–H groups in total. The van der Waals surface area contributed by atoms with Gasteiger partial charge in [0.25, 0.3) is 5.91 Å². The zero-order valence-corrected chi connectivity index (χ0v) is 18.1. The van der Waals surface area contributed by atoms with Gasteiger partial charge in [0.15, 0.2) is 5.13 Å². The molecule has 0 unspecified atom stereocenters. The number of hydrogen-bond acceptors (Lipinski definition) is 6. The molecule has 2 aromatic heterocycles. The van der Waals surface area contributed by atoms with Crippen LogP contribution in [0, 0.1) is 0 Å². The van der Waals surface area contributed by atoms with Gasteiger partial charge in [0.1, 0.15) is 0 Å². The van der Waals surface area contributed by atoms with Crippen LogP contribution < -0.4 is 5.32 Å². The lowest BCUT2D eigenvalue weighted by Crippen LogP contribution is -2.35.